The molecule has 1 aliphatic carbocycles. The van der Waals surface area contributed by atoms with Gasteiger partial charge in [-0.15, -0.1) is 0 Å². The Labute approximate surface area is 85.7 Å². The number of hydrogen-bond acceptors (Lipinski definition) is 2. The van der Waals surface area contributed by atoms with E-state index in [0.29, 0.717) is 6.04 Å². The van der Waals surface area contributed by atoms with Crippen molar-refractivity contribution < 1.29 is 0 Å². The Morgan fingerprint density at radius 3 is 2.79 bits per heavy atom. The molecule has 0 bridgehead atoms. The van der Waals surface area contributed by atoms with E-state index in [9.17, 15) is 0 Å². The molecule has 0 heterocycles. The van der Waals surface area contributed by atoms with Crippen molar-refractivity contribution >= 4 is 5.69 Å². The summed E-state index contributed by atoms with van der Waals surface area (Å²) in [6.45, 7) is 0. The summed E-state index contributed by atoms with van der Waals surface area (Å²) in [4.78, 5) is 2.31. The van der Waals surface area contributed by atoms with Gasteiger partial charge in [0.1, 0.15) is 0 Å². The minimum atomic E-state index is 0.685. The molecule has 0 amide bonds. The molecule has 0 spiro atoms. The number of benzene rings is 1. The molecule has 0 aliphatic heterocycles. The summed E-state index contributed by atoms with van der Waals surface area (Å²) in [6.07, 6.45) is 3.61. The molecule has 1 atom stereocenters. The fourth-order valence-electron chi connectivity index (χ4n) is 2.20. The van der Waals surface area contributed by atoms with Crippen molar-refractivity contribution in [1.82, 2.24) is 4.90 Å². The van der Waals surface area contributed by atoms with Crippen LogP contribution in [-0.2, 0) is 12.8 Å². The second kappa shape index (κ2) is 3.62. The second-order valence-electron chi connectivity index (χ2n) is 4.39. The molecule has 2 heteroatoms. The summed E-state index contributed by atoms with van der Waals surface area (Å²) in [7, 11) is 4.31. The third-order valence-electron chi connectivity index (χ3n) is 3.16. The third-order valence-corrected chi connectivity index (χ3v) is 3.16. The van der Waals surface area contributed by atoms with Crippen LogP contribution in [-0.4, -0.2) is 25.0 Å². The lowest BCUT2D eigenvalue weighted by Gasteiger charge is -2.29. The number of nitrogens with two attached hydrogens (primary N) is 1. The Bertz CT molecular complexity index is 331. The van der Waals surface area contributed by atoms with Crippen molar-refractivity contribution in [3.63, 3.8) is 0 Å². The van der Waals surface area contributed by atoms with E-state index in [-0.39, 0.29) is 0 Å². The van der Waals surface area contributed by atoms with Crippen LogP contribution >= 0.6 is 0 Å². The molecule has 14 heavy (non-hydrogen) atoms. The molecule has 76 valence electrons. The van der Waals surface area contributed by atoms with E-state index in [2.05, 4.69) is 31.1 Å². The molecule has 0 saturated heterocycles. The highest BCUT2D eigenvalue weighted by Gasteiger charge is 2.19. The maximum absolute atomic E-state index is 5.79. The van der Waals surface area contributed by atoms with Crippen LogP contribution < -0.4 is 5.73 Å². The summed E-state index contributed by atoms with van der Waals surface area (Å²) < 4.78 is 0. The molecule has 0 saturated carbocycles. The number of aryl methyl sites for hydroxylation is 1. The highest BCUT2D eigenvalue weighted by molar-refractivity contribution is 5.46. The Morgan fingerprint density at radius 1 is 1.29 bits per heavy atom. The predicted molar refractivity (Wildman–Crippen MR) is 60.4 cm³/mol. The summed E-state index contributed by atoms with van der Waals surface area (Å²) in [5.74, 6) is 0. The number of nitrogen functional groups attached to an aromatic ring is 1. The topological polar surface area (TPSA) is 29.3 Å². The molecular formula is C12H18N2. The molecule has 0 aromatic heterocycles. The minimum absolute atomic E-state index is 0.685. The maximum Gasteiger partial charge on any atom is 0.0316 e. The van der Waals surface area contributed by atoms with Gasteiger partial charge in [-0.25, -0.2) is 0 Å². The van der Waals surface area contributed by atoms with Crippen molar-refractivity contribution in [2.45, 2.75) is 25.3 Å². The number of nitrogens with zero attached hydrogens (tertiary/aromatic N) is 1. The van der Waals surface area contributed by atoms with E-state index < -0.39 is 0 Å². The van der Waals surface area contributed by atoms with Gasteiger partial charge < -0.3 is 10.6 Å². The van der Waals surface area contributed by atoms with E-state index in [4.69, 9.17) is 5.73 Å². The lowest BCUT2D eigenvalue weighted by atomic mass is 9.87. The van der Waals surface area contributed by atoms with Gasteiger partial charge in [-0.1, -0.05) is 6.07 Å². The quantitative estimate of drug-likeness (QED) is 0.683. The zero-order valence-electron chi connectivity index (χ0n) is 8.96. The van der Waals surface area contributed by atoms with E-state index >= 15 is 0 Å². The number of hydrogen-bond donors (Lipinski definition) is 1. The van der Waals surface area contributed by atoms with Crippen molar-refractivity contribution in [1.29, 1.82) is 0 Å². The number of fused-ring (bicyclic) bond motifs is 1. The second-order valence-corrected chi connectivity index (χ2v) is 4.39. The summed E-state index contributed by atoms with van der Waals surface area (Å²) in [6, 6.07) is 7.00. The number of likely N-dealkylation sites (N-methyl/N-ethyl adjacent to an activating group) is 1. The van der Waals surface area contributed by atoms with Gasteiger partial charge in [0, 0.05) is 11.7 Å². The fourth-order valence-corrected chi connectivity index (χ4v) is 2.20. The maximum atomic E-state index is 5.79. The van der Waals surface area contributed by atoms with E-state index in [1.54, 1.807) is 0 Å². The SMILES string of the molecule is CN(C)[C@H]1CCc2ccc(N)cc2C1. The lowest BCUT2D eigenvalue weighted by molar-refractivity contribution is 0.268. The van der Waals surface area contributed by atoms with Crippen molar-refractivity contribution in [2.24, 2.45) is 0 Å². The zero-order valence-corrected chi connectivity index (χ0v) is 8.96. The van der Waals surface area contributed by atoms with Crippen LogP contribution in [0.3, 0.4) is 0 Å². The summed E-state index contributed by atoms with van der Waals surface area (Å²) in [5, 5.41) is 0. The largest absolute Gasteiger partial charge is 0.399 e. The first-order valence-electron chi connectivity index (χ1n) is 5.20. The molecule has 1 aliphatic rings. The van der Waals surface area contributed by atoms with Crippen LogP contribution in [0, 0.1) is 0 Å². The first-order valence-corrected chi connectivity index (χ1v) is 5.20. The van der Waals surface area contributed by atoms with Gasteiger partial charge in [0.25, 0.3) is 0 Å². The Morgan fingerprint density at radius 2 is 2.07 bits per heavy atom. The van der Waals surface area contributed by atoms with Crippen LogP contribution in [0.15, 0.2) is 18.2 Å². The highest BCUT2D eigenvalue weighted by Crippen LogP contribution is 2.25. The Hall–Kier alpha value is -1.02. The molecule has 2 N–H and O–H groups in total. The van der Waals surface area contributed by atoms with Crippen LogP contribution in [0.5, 0.6) is 0 Å². The van der Waals surface area contributed by atoms with Crippen molar-refractivity contribution in [2.75, 3.05) is 19.8 Å². The molecule has 2 rings (SSSR count). The highest BCUT2D eigenvalue weighted by atomic mass is 15.1. The van der Waals surface area contributed by atoms with Crippen LogP contribution in [0.2, 0.25) is 0 Å². The predicted octanol–water partition coefficient (Wildman–Crippen LogP) is 1.69. The first kappa shape index (κ1) is 9.53. The lowest BCUT2D eigenvalue weighted by Crippen LogP contribution is -2.33. The molecular weight excluding hydrogens is 172 g/mol. The Balaban J connectivity index is 2.24. The normalized spacial score (nSPS) is 20.9. The molecule has 1 aromatic carbocycles. The first-order chi connectivity index (χ1) is 6.66. The van der Waals surface area contributed by atoms with Crippen LogP contribution in [0.1, 0.15) is 17.5 Å². The van der Waals surface area contributed by atoms with Gasteiger partial charge in [0.2, 0.25) is 0 Å². The van der Waals surface area contributed by atoms with E-state index in [1.165, 1.54) is 24.0 Å². The summed E-state index contributed by atoms with van der Waals surface area (Å²) in [5.41, 5.74) is 9.60. The van der Waals surface area contributed by atoms with E-state index in [0.717, 1.165) is 12.1 Å². The average molecular weight is 190 g/mol. The van der Waals surface area contributed by atoms with Gasteiger partial charge >= 0.3 is 0 Å². The third kappa shape index (κ3) is 1.75. The van der Waals surface area contributed by atoms with Crippen molar-refractivity contribution in [3.05, 3.63) is 29.3 Å². The monoisotopic (exact) mass is 190 g/mol. The summed E-state index contributed by atoms with van der Waals surface area (Å²) >= 11 is 0. The van der Waals surface area contributed by atoms with Crippen molar-refractivity contribution in [3.8, 4) is 0 Å². The standard InChI is InChI=1S/C12H18N2/c1-14(2)12-6-4-9-3-5-11(13)7-10(9)8-12/h3,5,7,12H,4,6,8,13H2,1-2H3/t12-/m0/s1. The molecule has 0 fully saturated rings. The molecule has 0 radical (unpaired) electrons. The van der Waals surface area contributed by atoms with Gasteiger partial charge in [0.15, 0.2) is 0 Å². The van der Waals surface area contributed by atoms with Crippen LogP contribution in [0.25, 0.3) is 0 Å². The Kier molecular flexibility index (Phi) is 2.46. The van der Waals surface area contributed by atoms with Gasteiger partial charge in [-0.2, -0.15) is 0 Å². The number of rotatable bonds is 1. The fraction of sp³-hybridized carbons (Fsp3) is 0.500. The van der Waals surface area contributed by atoms with Gasteiger partial charge in [-0.3, -0.25) is 0 Å². The zero-order chi connectivity index (χ0) is 10.1. The van der Waals surface area contributed by atoms with E-state index in [1.807, 2.05) is 6.07 Å². The molecule has 2 nitrogen and oxygen atoms in total. The average Bonchev–Trinajstić information content (AvgIpc) is 2.16. The minimum Gasteiger partial charge on any atom is -0.399 e. The number of anilines is 1. The molecule has 1 aromatic rings. The van der Waals surface area contributed by atoms with Gasteiger partial charge in [0.05, 0.1) is 0 Å². The van der Waals surface area contributed by atoms with Crippen LogP contribution in [0.4, 0.5) is 5.69 Å². The van der Waals surface area contributed by atoms with Gasteiger partial charge in [-0.05, 0) is 56.6 Å². The smallest absolute Gasteiger partial charge is 0.0316 e. The molecule has 0 unspecified atom stereocenters.